The zero-order chi connectivity index (χ0) is 60.1. The Morgan fingerprint density at radius 1 is 0.543 bits per heavy atom. The van der Waals surface area contributed by atoms with Gasteiger partial charge in [-0.05, 0) is 80.5 Å². The number of amides is 10. The van der Waals surface area contributed by atoms with E-state index in [1.165, 1.54) is 48.5 Å². The van der Waals surface area contributed by atoms with E-state index in [2.05, 4.69) is 37.2 Å². The maximum atomic E-state index is 14.6. The number of carboxylic acids is 1. The molecule has 1 aliphatic rings. The number of hydrogen-bond donors (Lipinski definition) is 16. The van der Waals surface area contributed by atoms with E-state index in [0.29, 0.717) is 16.7 Å². The van der Waals surface area contributed by atoms with Crippen molar-refractivity contribution in [3.63, 3.8) is 0 Å². The van der Waals surface area contributed by atoms with Crippen LogP contribution >= 0.6 is 0 Å². The molecule has 1 heterocycles. The first-order valence-electron chi connectivity index (χ1n) is 25.8. The third-order valence-corrected chi connectivity index (χ3v) is 13.0. The lowest BCUT2D eigenvalue weighted by molar-refractivity contribution is -0.145. The molecule has 0 aromatic heterocycles. The summed E-state index contributed by atoms with van der Waals surface area (Å²) in [5, 5.41) is 77.7. The number of phenols is 2. The molecule has 0 aliphatic carbocycles. The molecule has 1 saturated heterocycles. The van der Waals surface area contributed by atoms with Gasteiger partial charge in [-0.3, -0.25) is 47.9 Å². The Labute approximate surface area is 464 Å². The Balaban J connectivity index is 1.58. The predicted molar refractivity (Wildman–Crippen MR) is 285 cm³/mol. The van der Waals surface area contributed by atoms with Crippen LogP contribution in [-0.4, -0.2) is 180 Å². The Hall–Kier alpha value is -8.73. The fourth-order valence-electron chi connectivity index (χ4n) is 8.54. The summed E-state index contributed by atoms with van der Waals surface area (Å²) >= 11 is 0. The van der Waals surface area contributed by atoms with Crippen LogP contribution in [0.15, 0.2) is 78.9 Å². The highest BCUT2D eigenvalue weighted by molar-refractivity contribution is 5.99. The van der Waals surface area contributed by atoms with Gasteiger partial charge in [0.1, 0.15) is 53.8 Å². The topological polar surface area (TPSA) is 475 Å². The molecule has 0 saturated carbocycles. The number of nitrogens with zero attached hydrogens (tertiary/aromatic N) is 1. The quantitative estimate of drug-likeness (QED) is 0.0287. The van der Waals surface area contributed by atoms with Gasteiger partial charge in [-0.1, -0.05) is 54.6 Å². The number of aliphatic hydroxyl groups is 3. The molecule has 81 heavy (non-hydrogen) atoms. The smallest absolute Gasteiger partial charge is 0.328 e. The van der Waals surface area contributed by atoms with Crippen LogP contribution in [-0.2, 0) is 72.0 Å². The largest absolute Gasteiger partial charge is 0.508 e. The highest BCUT2D eigenvalue weighted by Crippen LogP contribution is 2.22. The number of carboxylic acid groups (broad SMARTS) is 1. The number of carbonyl (C=O) groups is 11. The first-order valence-corrected chi connectivity index (χ1v) is 25.8. The standard InChI is InChI=1S/C53H71N11O17/c1-27(66)43(62-47(74)36(24-30-10-14-32(68)15-11-30)58-46(73)35(19-21-42(56)71)57-45(72)34(54)18-20-41(55)70)51(78)61-39(26-65)49(76)60-38(25-31-12-16-33(69)17-13-31)52(79)64-22-6-9-40(64)50(77)59-37(23-29-7-4-3-5-8-29)48(75)63-44(28(2)67)53(80)81/h3-5,7-8,10-17,27-28,34-40,43-44,65-69H,6,9,18-26,54H2,1-2H3,(H2,55,70)(H2,56,71)(H,57,72)(H,58,73)(H,59,77)(H,60,76)(H,61,78)(H,62,74)(H,63,75)(H,80,81)/t27-,28-,34+,35+,36+,37+,38+,39+,40+,43+,44+/m1/s1. The number of phenolic OH excluding ortho intramolecular Hbond substituents is 2. The molecule has 3 aromatic carbocycles. The average Bonchev–Trinajstić information content (AvgIpc) is 3.95. The first-order chi connectivity index (χ1) is 38.3. The van der Waals surface area contributed by atoms with E-state index in [-0.39, 0.29) is 69.4 Å². The molecule has 10 amide bonds. The molecule has 1 fully saturated rings. The molecule has 28 nitrogen and oxygen atoms in total. The van der Waals surface area contributed by atoms with Crippen molar-refractivity contribution in [2.75, 3.05) is 13.2 Å². The monoisotopic (exact) mass is 1130 g/mol. The van der Waals surface area contributed by atoms with Crippen LogP contribution < -0.4 is 54.4 Å². The van der Waals surface area contributed by atoms with Gasteiger partial charge in [0.15, 0.2) is 6.04 Å². The summed E-state index contributed by atoms with van der Waals surface area (Å²) in [7, 11) is 0. The minimum Gasteiger partial charge on any atom is -0.508 e. The second kappa shape index (κ2) is 31.2. The second-order valence-corrected chi connectivity index (χ2v) is 19.5. The van der Waals surface area contributed by atoms with Crippen molar-refractivity contribution in [1.82, 2.24) is 42.1 Å². The summed E-state index contributed by atoms with van der Waals surface area (Å²) < 4.78 is 0. The average molecular weight is 1130 g/mol. The summed E-state index contributed by atoms with van der Waals surface area (Å²) in [4.78, 5) is 147. The van der Waals surface area contributed by atoms with Gasteiger partial charge in [-0.15, -0.1) is 0 Å². The van der Waals surface area contributed by atoms with Gasteiger partial charge < -0.3 is 90.0 Å². The molecular weight excluding hydrogens is 1060 g/mol. The van der Waals surface area contributed by atoms with E-state index < -0.39 is 145 Å². The highest BCUT2D eigenvalue weighted by atomic mass is 16.4. The normalized spacial score (nSPS) is 16.7. The van der Waals surface area contributed by atoms with Crippen molar-refractivity contribution >= 4 is 65.0 Å². The van der Waals surface area contributed by atoms with Gasteiger partial charge in [0, 0.05) is 38.6 Å². The molecule has 0 spiro atoms. The SMILES string of the molecule is C[C@@H](O)[C@H](NC(=O)[C@H](Cc1ccccc1)NC(=O)[C@@H]1CCCN1C(=O)[C@H](Cc1ccc(O)cc1)NC(=O)[C@H](CO)NC(=O)[C@@H](NC(=O)[C@H](Cc1ccc(O)cc1)NC(=O)[C@H](CCC(N)=O)NC(=O)[C@@H](N)CCC(N)=O)[C@@H](C)O)C(=O)O. The summed E-state index contributed by atoms with van der Waals surface area (Å²) in [5.74, 6) is -11.6. The molecule has 11 atom stereocenters. The molecule has 0 radical (unpaired) electrons. The van der Waals surface area contributed by atoms with E-state index in [0.717, 1.165) is 18.7 Å². The third-order valence-electron chi connectivity index (χ3n) is 13.0. The second-order valence-electron chi connectivity index (χ2n) is 19.5. The highest BCUT2D eigenvalue weighted by Gasteiger charge is 2.41. The minimum atomic E-state index is -1.93. The number of aromatic hydroxyl groups is 2. The van der Waals surface area contributed by atoms with Crippen molar-refractivity contribution in [2.45, 2.75) is 138 Å². The number of aliphatic carboxylic acids is 1. The number of likely N-dealkylation sites (tertiary alicyclic amines) is 1. The molecule has 19 N–H and O–H groups in total. The summed E-state index contributed by atoms with van der Waals surface area (Å²) in [6.45, 7) is 1.10. The Morgan fingerprint density at radius 3 is 1.48 bits per heavy atom. The van der Waals surface area contributed by atoms with Crippen LogP contribution in [0.25, 0.3) is 0 Å². The van der Waals surface area contributed by atoms with Gasteiger partial charge in [0.25, 0.3) is 0 Å². The summed E-state index contributed by atoms with van der Waals surface area (Å²) in [5.41, 5.74) is 17.7. The van der Waals surface area contributed by atoms with Gasteiger partial charge in [0.2, 0.25) is 59.1 Å². The van der Waals surface area contributed by atoms with Gasteiger partial charge in [-0.2, -0.15) is 0 Å². The number of carbonyl (C=O) groups excluding carboxylic acids is 10. The number of nitrogens with one attached hydrogen (secondary N) is 7. The van der Waals surface area contributed by atoms with Crippen LogP contribution in [0.4, 0.5) is 0 Å². The third kappa shape index (κ3) is 20.5. The number of nitrogens with two attached hydrogens (primary N) is 3. The van der Waals surface area contributed by atoms with Gasteiger partial charge in [0.05, 0.1) is 24.9 Å². The minimum absolute atomic E-state index is 0.0309. The lowest BCUT2D eigenvalue weighted by Gasteiger charge is -2.31. The molecule has 0 unspecified atom stereocenters. The van der Waals surface area contributed by atoms with Gasteiger partial charge >= 0.3 is 5.97 Å². The Morgan fingerprint density at radius 2 is 0.975 bits per heavy atom. The zero-order valence-electron chi connectivity index (χ0n) is 44.5. The van der Waals surface area contributed by atoms with Crippen molar-refractivity contribution in [1.29, 1.82) is 0 Å². The first kappa shape index (κ1) is 64.8. The maximum absolute atomic E-state index is 14.6. The van der Waals surface area contributed by atoms with Crippen LogP contribution in [0, 0.1) is 0 Å². The van der Waals surface area contributed by atoms with E-state index in [4.69, 9.17) is 17.2 Å². The Bertz CT molecular complexity index is 2700. The van der Waals surface area contributed by atoms with E-state index in [1.54, 1.807) is 30.3 Å². The van der Waals surface area contributed by atoms with E-state index in [1.807, 2.05) is 0 Å². The zero-order valence-corrected chi connectivity index (χ0v) is 44.5. The Kier molecular flexibility index (Phi) is 24.9. The number of primary amides is 2. The molecule has 0 bridgehead atoms. The van der Waals surface area contributed by atoms with Crippen molar-refractivity contribution in [2.24, 2.45) is 17.2 Å². The van der Waals surface area contributed by atoms with Crippen LogP contribution in [0.1, 0.15) is 69.1 Å². The van der Waals surface area contributed by atoms with Crippen LogP contribution in [0.3, 0.4) is 0 Å². The fraction of sp³-hybridized carbons (Fsp3) is 0.453. The number of benzene rings is 3. The molecule has 28 heteroatoms. The van der Waals surface area contributed by atoms with Crippen LogP contribution in [0.5, 0.6) is 11.5 Å². The molecule has 440 valence electrons. The number of aliphatic hydroxyl groups excluding tert-OH is 3. The number of hydrogen-bond acceptors (Lipinski definition) is 17. The molecule has 1 aliphatic heterocycles. The summed E-state index contributed by atoms with van der Waals surface area (Å²) in [6.07, 6.45) is -4.99. The lowest BCUT2D eigenvalue weighted by atomic mass is 10.0. The summed E-state index contributed by atoms with van der Waals surface area (Å²) in [6, 6.07) is 4.97. The molecular formula is C53H71N11O17. The van der Waals surface area contributed by atoms with E-state index >= 15 is 0 Å². The maximum Gasteiger partial charge on any atom is 0.328 e. The fourth-order valence-corrected chi connectivity index (χ4v) is 8.54. The number of rotatable bonds is 31. The van der Waals surface area contributed by atoms with Crippen molar-refractivity contribution in [3.8, 4) is 11.5 Å². The molecule has 4 rings (SSSR count). The molecule has 3 aromatic rings. The van der Waals surface area contributed by atoms with Crippen molar-refractivity contribution in [3.05, 3.63) is 95.6 Å². The van der Waals surface area contributed by atoms with E-state index in [9.17, 15) is 83.4 Å². The van der Waals surface area contributed by atoms with Gasteiger partial charge in [-0.25, -0.2) is 4.79 Å². The van der Waals surface area contributed by atoms with Crippen molar-refractivity contribution < 1.29 is 83.4 Å². The lowest BCUT2D eigenvalue weighted by Crippen LogP contribution is -2.62. The van der Waals surface area contributed by atoms with Crippen LogP contribution in [0.2, 0.25) is 0 Å². The predicted octanol–water partition coefficient (Wildman–Crippen LogP) is -4.79.